The van der Waals surface area contributed by atoms with Gasteiger partial charge in [-0.25, -0.2) is 4.98 Å². The van der Waals surface area contributed by atoms with Gasteiger partial charge in [0.15, 0.2) is 0 Å². The lowest BCUT2D eigenvalue weighted by atomic mass is 10.2. The van der Waals surface area contributed by atoms with Crippen LogP contribution in [0, 0.1) is 6.92 Å². The summed E-state index contributed by atoms with van der Waals surface area (Å²) < 4.78 is 11.0. The lowest BCUT2D eigenvalue weighted by Gasteiger charge is -2.23. The Labute approximate surface area is 170 Å². The maximum Gasteiger partial charge on any atom is 0.241 e. The van der Waals surface area contributed by atoms with Gasteiger partial charge in [0.25, 0.3) is 0 Å². The van der Waals surface area contributed by atoms with Crippen LogP contribution in [0.3, 0.4) is 0 Å². The number of oxazole rings is 1. The third kappa shape index (κ3) is 4.32. The molecule has 150 valence electrons. The second kappa shape index (κ2) is 8.49. The Morgan fingerprint density at radius 3 is 2.69 bits per heavy atom. The fourth-order valence-corrected chi connectivity index (χ4v) is 3.68. The fraction of sp³-hybridized carbons (Fsp3) is 0.304. The molecular formula is C23H25N3O3. The SMILES string of the molecule is COc1ccc(NC(=O)C2CCCN2Cc2nc(-c3ccccc3)oc2C)cc1. The number of rotatable bonds is 6. The van der Waals surface area contributed by atoms with E-state index < -0.39 is 0 Å². The van der Waals surface area contributed by atoms with E-state index in [0.29, 0.717) is 12.4 Å². The van der Waals surface area contributed by atoms with Gasteiger partial charge in [0.05, 0.1) is 18.8 Å². The van der Waals surface area contributed by atoms with E-state index in [1.165, 1.54) is 0 Å². The lowest BCUT2D eigenvalue weighted by Crippen LogP contribution is -2.39. The number of amides is 1. The summed E-state index contributed by atoms with van der Waals surface area (Å²) in [5.74, 6) is 2.19. The predicted octanol–water partition coefficient (Wildman–Crippen LogP) is 4.26. The zero-order valence-electron chi connectivity index (χ0n) is 16.7. The number of carbonyl (C=O) groups is 1. The highest BCUT2D eigenvalue weighted by molar-refractivity contribution is 5.95. The number of ether oxygens (including phenoxy) is 1. The molecule has 0 aliphatic carbocycles. The van der Waals surface area contributed by atoms with Gasteiger partial charge < -0.3 is 14.5 Å². The summed E-state index contributed by atoms with van der Waals surface area (Å²) >= 11 is 0. The van der Waals surface area contributed by atoms with Crippen LogP contribution < -0.4 is 10.1 Å². The molecule has 0 spiro atoms. The highest BCUT2D eigenvalue weighted by Gasteiger charge is 2.32. The van der Waals surface area contributed by atoms with Crippen molar-refractivity contribution >= 4 is 11.6 Å². The number of likely N-dealkylation sites (tertiary alicyclic amines) is 1. The van der Waals surface area contributed by atoms with E-state index in [0.717, 1.165) is 47.8 Å². The van der Waals surface area contributed by atoms with E-state index in [9.17, 15) is 4.79 Å². The standard InChI is InChI=1S/C23H25N3O3/c1-16-20(25-23(29-16)17-7-4-3-5-8-17)15-26-14-6-9-21(26)22(27)24-18-10-12-19(28-2)13-11-18/h3-5,7-8,10-13,21H,6,9,14-15H2,1-2H3,(H,24,27). The van der Waals surface area contributed by atoms with Crippen LogP contribution in [0.2, 0.25) is 0 Å². The van der Waals surface area contributed by atoms with Gasteiger partial charge in [0, 0.05) is 17.8 Å². The van der Waals surface area contributed by atoms with Crippen LogP contribution in [0.4, 0.5) is 5.69 Å². The monoisotopic (exact) mass is 391 g/mol. The van der Waals surface area contributed by atoms with Crippen molar-refractivity contribution in [3.8, 4) is 17.2 Å². The van der Waals surface area contributed by atoms with Crippen LogP contribution in [-0.2, 0) is 11.3 Å². The first-order chi connectivity index (χ1) is 14.1. The largest absolute Gasteiger partial charge is 0.497 e. The second-order valence-electron chi connectivity index (χ2n) is 7.23. The summed E-state index contributed by atoms with van der Waals surface area (Å²) in [4.78, 5) is 19.7. The number of methoxy groups -OCH3 is 1. The van der Waals surface area contributed by atoms with E-state index in [4.69, 9.17) is 9.15 Å². The van der Waals surface area contributed by atoms with E-state index >= 15 is 0 Å². The molecule has 2 aromatic carbocycles. The Bertz CT molecular complexity index is 967. The van der Waals surface area contributed by atoms with Crippen molar-refractivity contribution in [2.45, 2.75) is 32.4 Å². The molecule has 1 aliphatic heterocycles. The highest BCUT2D eigenvalue weighted by atomic mass is 16.5. The maximum atomic E-state index is 12.9. The summed E-state index contributed by atoms with van der Waals surface area (Å²) in [5.41, 5.74) is 2.61. The van der Waals surface area contributed by atoms with E-state index in [1.54, 1.807) is 7.11 Å². The summed E-state index contributed by atoms with van der Waals surface area (Å²) in [6.07, 6.45) is 1.83. The average molecular weight is 391 g/mol. The molecule has 6 nitrogen and oxygen atoms in total. The van der Waals surface area contributed by atoms with Gasteiger partial charge >= 0.3 is 0 Å². The maximum absolute atomic E-state index is 12.9. The number of nitrogens with one attached hydrogen (secondary N) is 1. The van der Waals surface area contributed by atoms with Gasteiger partial charge in [-0.15, -0.1) is 0 Å². The van der Waals surface area contributed by atoms with E-state index in [-0.39, 0.29) is 11.9 Å². The first-order valence-electron chi connectivity index (χ1n) is 9.85. The van der Waals surface area contributed by atoms with Gasteiger partial charge in [0.2, 0.25) is 11.8 Å². The average Bonchev–Trinajstić information content (AvgIpc) is 3.36. The van der Waals surface area contributed by atoms with Crippen molar-refractivity contribution in [2.75, 3.05) is 19.0 Å². The number of anilines is 1. The molecule has 29 heavy (non-hydrogen) atoms. The van der Waals surface area contributed by atoms with Crippen LogP contribution in [0.5, 0.6) is 5.75 Å². The molecular weight excluding hydrogens is 366 g/mol. The number of hydrogen-bond acceptors (Lipinski definition) is 5. The Hall–Kier alpha value is -3.12. The number of aromatic nitrogens is 1. The molecule has 4 rings (SSSR count). The van der Waals surface area contributed by atoms with Gasteiger partial charge in [-0.1, -0.05) is 18.2 Å². The Kier molecular flexibility index (Phi) is 5.62. The molecule has 0 radical (unpaired) electrons. The molecule has 0 saturated carbocycles. The van der Waals surface area contributed by atoms with Crippen molar-refractivity contribution < 1.29 is 13.9 Å². The molecule has 1 N–H and O–H groups in total. The van der Waals surface area contributed by atoms with Crippen LogP contribution >= 0.6 is 0 Å². The number of nitrogens with zero attached hydrogens (tertiary/aromatic N) is 2. The minimum absolute atomic E-state index is 0.0112. The molecule has 0 bridgehead atoms. The second-order valence-corrected chi connectivity index (χ2v) is 7.23. The van der Waals surface area contributed by atoms with Crippen LogP contribution in [-0.4, -0.2) is 35.5 Å². The number of aryl methyl sites for hydroxylation is 1. The molecule has 1 aliphatic rings. The zero-order valence-corrected chi connectivity index (χ0v) is 16.7. The lowest BCUT2D eigenvalue weighted by molar-refractivity contribution is -0.120. The molecule has 1 unspecified atom stereocenters. The molecule has 6 heteroatoms. The number of carbonyl (C=O) groups excluding carboxylic acids is 1. The third-order valence-corrected chi connectivity index (χ3v) is 5.29. The van der Waals surface area contributed by atoms with Crippen molar-refractivity contribution in [1.82, 2.24) is 9.88 Å². The summed E-state index contributed by atoms with van der Waals surface area (Å²) in [6.45, 7) is 3.40. The normalized spacial score (nSPS) is 16.7. The summed E-state index contributed by atoms with van der Waals surface area (Å²) in [7, 11) is 1.62. The molecule has 3 aromatic rings. The number of benzene rings is 2. The predicted molar refractivity (Wildman–Crippen MR) is 112 cm³/mol. The molecule has 1 fully saturated rings. The quantitative estimate of drug-likeness (QED) is 0.680. The summed E-state index contributed by atoms with van der Waals surface area (Å²) in [5, 5.41) is 3.02. The van der Waals surface area contributed by atoms with Gasteiger partial charge in [0.1, 0.15) is 11.5 Å². The third-order valence-electron chi connectivity index (χ3n) is 5.29. The van der Waals surface area contributed by atoms with Crippen LogP contribution in [0.25, 0.3) is 11.5 Å². The highest BCUT2D eigenvalue weighted by Crippen LogP contribution is 2.26. The number of hydrogen-bond donors (Lipinski definition) is 1. The van der Waals surface area contributed by atoms with Crippen molar-refractivity contribution in [2.24, 2.45) is 0 Å². The van der Waals surface area contributed by atoms with Gasteiger partial charge in [-0.05, 0) is 62.7 Å². The topological polar surface area (TPSA) is 67.6 Å². The molecule has 1 amide bonds. The zero-order chi connectivity index (χ0) is 20.2. The Morgan fingerprint density at radius 2 is 1.97 bits per heavy atom. The van der Waals surface area contributed by atoms with Crippen LogP contribution in [0.1, 0.15) is 24.3 Å². The summed E-state index contributed by atoms with van der Waals surface area (Å²) in [6, 6.07) is 17.1. The van der Waals surface area contributed by atoms with Crippen molar-refractivity contribution in [1.29, 1.82) is 0 Å². The Balaban J connectivity index is 1.44. The minimum Gasteiger partial charge on any atom is -0.497 e. The van der Waals surface area contributed by atoms with E-state index in [1.807, 2.05) is 61.5 Å². The van der Waals surface area contributed by atoms with Crippen molar-refractivity contribution in [3.63, 3.8) is 0 Å². The smallest absolute Gasteiger partial charge is 0.241 e. The fourth-order valence-electron chi connectivity index (χ4n) is 3.68. The van der Waals surface area contributed by atoms with Gasteiger partial charge in [-0.3, -0.25) is 9.69 Å². The molecule has 1 saturated heterocycles. The Morgan fingerprint density at radius 1 is 1.21 bits per heavy atom. The molecule has 2 heterocycles. The first kappa shape index (κ1) is 19.2. The molecule has 1 atom stereocenters. The van der Waals surface area contributed by atoms with Crippen LogP contribution in [0.15, 0.2) is 59.0 Å². The minimum atomic E-state index is -0.173. The molecule has 1 aromatic heterocycles. The van der Waals surface area contributed by atoms with Crippen molar-refractivity contribution in [3.05, 3.63) is 66.1 Å². The van der Waals surface area contributed by atoms with E-state index in [2.05, 4.69) is 15.2 Å². The van der Waals surface area contributed by atoms with Gasteiger partial charge in [-0.2, -0.15) is 0 Å². The first-order valence-corrected chi connectivity index (χ1v) is 9.85.